The second-order valence-corrected chi connectivity index (χ2v) is 5.47. The van der Waals surface area contributed by atoms with Gasteiger partial charge in [0.25, 0.3) is 0 Å². The molecule has 1 heterocycles. The lowest BCUT2D eigenvalue weighted by Crippen LogP contribution is -2.39. The van der Waals surface area contributed by atoms with Crippen LogP contribution in [0, 0.1) is 13.8 Å². The molecule has 0 radical (unpaired) electrons. The van der Waals surface area contributed by atoms with Crippen LogP contribution in [-0.2, 0) is 0 Å². The van der Waals surface area contributed by atoms with E-state index in [9.17, 15) is 0 Å². The average Bonchev–Trinajstić information content (AvgIpc) is 2.36. The minimum absolute atomic E-state index is 0.603. The van der Waals surface area contributed by atoms with Crippen molar-refractivity contribution < 1.29 is 0 Å². The third-order valence-corrected chi connectivity index (χ3v) is 3.76. The Hall–Kier alpha value is -0.830. The van der Waals surface area contributed by atoms with Crippen molar-refractivity contribution >= 4 is 17.4 Å². The molecule has 1 aromatic heterocycles. The van der Waals surface area contributed by atoms with Crippen LogP contribution < -0.4 is 4.90 Å². The summed E-state index contributed by atoms with van der Waals surface area (Å²) in [4.78, 5) is 11.3. The molecule has 0 atom stereocenters. The van der Waals surface area contributed by atoms with E-state index in [1.165, 1.54) is 32.1 Å². The largest absolute Gasteiger partial charge is 0.352 e. The van der Waals surface area contributed by atoms with E-state index in [1.54, 1.807) is 0 Å². The smallest absolute Gasteiger partial charge is 0.132 e. The van der Waals surface area contributed by atoms with E-state index in [0.717, 1.165) is 23.9 Å². The SMILES string of the molecule is Cc1cc(N(CCCl)C2CCCCC2)nc(C)n1. The fourth-order valence-corrected chi connectivity index (χ4v) is 2.99. The molecule has 18 heavy (non-hydrogen) atoms. The summed E-state index contributed by atoms with van der Waals surface area (Å²) in [6, 6.07) is 2.68. The predicted octanol–water partition coefficient (Wildman–Crippen LogP) is 3.47. The Morgan fingerprint density at radius 2 is 1.94 bits per heavy atom. The van der Waals surface area contributed by atoms with Crippen molar-refractivity contribution in [3.05, 3.63) is 17.6 Å². The van der Waals surface area contributed by atoms with Gasteiger partial charge in [-0.3, -0.25) is 0 Å². The average molecular weight is 268 g/mol. The van der Waals surface area contributed by atoms with Crippen LogP contribution in [0.3, 0.4) is 0 Å². The number of anilines is 1. The Labute approximate surface area is 115 Å². The van der Waals surface area contributed by atoms with Crippen molar-refractivity contribution in [1.82, 2.24) is 9.97 Å². The number of alkyl halides is 1. The summed E-state index contributed by atoms with van der Waals surface area (Å²) < 4.78 is 0. The first-order valence-corrected chi connectivity index (χ1v) is 7.39. The molecule has 1 fully saturated rings. The van der Waals surface area contributed by atoms with Gasteiger partial charge in [-0.15, -0.1) is 11.6 Å². The van der Waals surface area contributed by atoms with Crippen molar-refractivity contribution in [3.63, 3.8) is 0 Å². The van der Waals surface area contributed by atoms with Crippen molar-refractivity contribution in [1.29, 1.82) is 0 Å². The van der Waals surface area contributed by atoms with Crippen molar-refractivity contribution in [3.8, 4) is 0 Å². The minimum atomic E-state index is 0.603. The van der Waals surface area contributed by atoms with Crippen LogP contribution in [0.4, 0.5) is 5.82 Å². The molecule has 0 aliphatic heterocycles. The third-order valence-electron chi connectivity index (χ3n) is 3.59. The zero-order chi connectivity index (χ0) is 13.0. The maximum Gasteiger partial charge on any atom is 0.132 e. The maximum atomic E-state index is 5.96. The summed E-state index contributed by atoms with van der Waals surface area (Å²) in [7, 11) is 0. The van der Waals surface area contributed by atoms with Crippen LogP contribution in [0.15, 0.2) is 6.07 Å². The first-order chi connectivity index (χ1) is 8.70. The highest BCUT2D eigenvalue weighted by Crippen LogP contribution is 2.26. The number of hydrogen-bond acceptors (Lipinski definition) is 3. The van der Waals surface area contributed by atoms with E-state index < -0.39 is 0 Å². The van der Waals surface area contributed by atoms with Crippen LogP contribution in [-0.4, -0.2) is 28.4 Å². The number of rotatable bonds is 4. The normalized spacial score (nSPS) is 16.8. The van der Waals surface area contributed by atoms with Crippen LogP contribution in [0.25, 0.3) is 0 Å². The zero-order valence-corrected chi connectivity index (χ0v) is 12.1. The van der Waals surface area contributed by atoms with E-state index in [2.05, 4.69) is 20.9 Å². The molecule has 1 aliphatic carbocycles. The number of aryl methyl sites for hydroxylation is 2. The molecule has 1 aromatic rings. The Morgan fingerprint density at radius 3 is 2.56 bits per heavy atom. The van der Waals surface area contributed by atoms with Crippen molar-refractivity contribution in [2.24, 2.45) is 0 Å². The first kappa shape index (κ1) is 13.6. The van der Waals surface area contributed by atoms with Gasteiger partial charge in [-0.2, -0.15) is 0 Å². The summed E-state index contributed by atoms with van der Waals surface area (Å²) in [6.07, 6.45) is 6.55. The summed E-state index contributed by atoms with van der Waals surface area (Å²) in [5.74, 6) is 2.55. The molecule has 0 amide bonds. The number of hydrogen-bond donors (Lipinski definition) is 0. The minimum Gasteiger partial charge on any atom is -0.352 e. The van der Waals surface area contributed by atoms with Gasteiger partial charge in [-0.05, 0) is 26.7 Å². The lowest BCUT2D eigenvalue weighted by atomic mass is 9.94. The Bertz CT molecular complexity index is 368. The summed E-state index contributed by atoms with van der Waals surface area (Å²) in [6.45, 7) is 4.86. The summed E-state index contributed by atoms with van der Waals surface area (Å²) in [5, 5.41) is 0. The molecule has 1 saturated carbocycles. The van der Waals surface area contributed by atoms with Gasteiger partial charge in [0.2, 0.25) is 0 Å². The van der Waals surface area contributed by atoms with E-state index in [1.807, 2.05) is 13.8 Å². The van der Waals surface area contributed by atoms with E-state index in [0.29, 0.717) is 11.9 Å². The molecule has 0 aromatic carbocycles. The van der Waals surface area contributed by atoms with Gasteiger partial charge in [-0.25, -0.2) is 9.97 Å². The van der Waals surface area contributed by atoms with Gasteiger partial charge in [0, 0.05) is 30.2 Å². The number of nitrogens with zero attached hydrogens (tertiary/aromatic N) is 3. The fraction of sp³-hybridized carbons (Fsp3) is 0.714. The van der Waals surface area contributed by atoms with Crippen LogP contribution in [0.1, 0.15) is 43.6 Å². The summed E-state index contributed by atoms with van der Waals surface area (Å²) >= 11 is 5.96. The van der Waals surface area contributed by atoms with Gasteiger partial charge in [0.1, 0.15) is 11.6 Å². The second kappa shape index (κ2) is 6.37. The number of aromatic nitrogens is 2. The molecular formula is C14H22ClN3. The molecule has 1 aliphatic rings. The quantitative estimate of drug-likeness (QED) is 0.782. The molecule has 0 bridgehead atoms. The zero-order valence-electron chi connectivity index (χ0n) is 11.3. The summed E-state index contributed by atoms with van der Waals surface area (Å²) in [5.41, 5.74) is 1.04. The van der Waals surface area contributed by atoms with Gasteiger partial charge in [0.05, 0.1) is 0 Å². The third kappa shape index (κ3) is 3.35. The molecule has 4 heteroatoms. The molecule has 2 rings (SSSR count). The molecule has 100 valence electrons. The lowest BCUT2D eigenvalue weighted by molar-refractivity contribution is 0.416. The Kier molecular flexibility index (Phi) is 4.81. The Balaban J connectivity index is 2.22. The van der Waals surface area contributed by atoms with Crippen LogP contribution in [0.2, 0.25) is 0 Å². The monoisotopic (exact) mass is 267 g/mol. The number of halogens is 1. The van der Waals surface area contributed by atoms with Gasteiger partial charge >= 0.3 is 0 Å². The van der Waals surface area contributed by atoms with Crippen LogP contribution in [0.5, 0.6) is 0 Å². The van der Waals surface area contributed by atoms with Gasteiger partial charge < -0.3 is 4.90 Å². The van der Waals surface area contributed by atoms with E-state index in [4.69, 9.17) is 11.6 Å². The molecule has 0 N–H and O–H groups in total. The topological polar surface area (TPSA) is 29.0 Å². The standard InChI is InChI=1S/C14H22ClN3/c1-11-10-14(17-12(2)16-11)18(9-8-15)13-6-4-3-5-7-13/h10,13H,3-9H2,1-2H3. The van der Waals surface area contributed by atoms with Crippen molar-refractivity contribution in [2.75, 3.05) is 17.3 Å². The molecular weight excluding hydrogens is 246 g/mol. The molecule has 0 saturated heterocycles. The van der Waals surface area contributed by atoms with E-state index in [-0.39, 0.29) is 0 Å². The Morgan fingerprint density at radius 1 is 1.22 bits per heavy atom. The van der Waals surface area contributed by atoms with Gasteiger partial charge in [-0.1, -0.05) is 19.3 Å². The highest BCUT2D eigenvalue weighted by atomic mass is 35.5. The fourth-order valence-electron chi connectivity index (χ4n) is 2.81. The molecule has 3 nitrogen and oxygen atoms in total. The van der Waals surface area contributed by atoms with Crippen molar-refractivity contribution in [2.45, 2.75) is 52.0 Å². The first-order valence-electron chi connectivity index (χ1n) is 6.85. The molecule has 0 unspecified atom stereocenters. The molecule has 0 spiro atoms. The van der Waals surface area contributed by atoms with E-state index >= 15 is 0 Å². The van der Waals surface area contributed by atoms with Gasteiger partial charge in [0.15, 0.2) is 0 Å². The van der Waals surface area contributed by atoms with Crippen LogP contribution >= 0.6 is 11.6 Å². The highest BCUT2D eigenvalue weighted by molar-refractivity contribution is 6.18. The predicted molar refractivity (Wildman–Crippen MR) is 76.4 cm³/mol. The maximum absolute atomic E-state index is 5.96. The lowest BCUT2D eigenvalue weighted by Gasteiger charge is -2.35. The second-order valence-electron chi connectivity index (χ2n) is 5.09. The highest BCUT2D eigenvalue weighted by Gasteiger charge is 2.22.